The fourth-order valence-electron chi connectivity index (χ4n) is 3.77. The maximum atomic E-state index is 13.1. The second-order valence-corrected chi connectivity index (χ2v) is 10.6. The maximum Gasteiger partial charge on any atom is 0.253 e. The van der Waals surface area contributed by atoms with Crippen LogP contribution in [0.1, 0.15) is 28.8 Å². The standard InChI is InChI=1S/C25H26N6O3S2/c26-35-18-29-25(30-21-11-13-27-14-12-21)28-17-19-3-7-22(8-4-19)36(33,34)23-9-5-20(6-10-23)24(32)31-15-1-2-16-31/h3-14H,1-2,15-18H2,(H2,27,28,29,30). The van der Waals surface area contributed by atoms with Crippen molar-refractivity contribution in [2.24, 2.45) is 4.99 Å². The first-order valence-electron chi connectivity index (χ1n) is 11.4. The number of rotatable bonds is 7. The number of sulfone groups is 1. The fraction of sp³-hybridized carbons (Fsp3) is 0.240. The van der Waals surface area contributed by atoms with Gasteiger partial charge in [-0.05, 0) is 66.9 Å². The zero-order valence-electron chi connectivity index (χ0n) is 19.5. The SMILES string of the molecule is N#SCNC(=NCc1ccc(S(=O)(=O)c2ccc(C(=O)N3CCCC3)cc2)cc1)Nc1ccncc1. The Morgan fingerprint density at radius 3 is 2.19 bits per heavy atom. The molecule has 1 amide bonds. The van der Waals surface area contributed by atoms with Crippen LogP contribution in [-0.2, 0) is 16.4 Å². The third kappa shape index (κ3) is 6.25. The van der Waals surface area contributed by atoms with E-state index >= 15 is 0 Å². The number of benzene rings is 2. The number of likely N-dealkylation sites (tertiary alicyclic amines) is 1. The number of amides is 1. The molecular formula is C25H26N6O3S2. The lowest BCUT2D eigenvalue weighted by Gasteiger charge is -2.15. The number of hydrogen-bond donors (Lipinski definition) is 2. The van der Waals surface area contributed by atoms with Crippen molar-refractivity contribution in [1.29, 1.82) is 4.61 Å². The van der Waals surface area contributed by atoms with Crippen molar-refractivity contribution >= 4 is 38.8 Å². The van der Waals surface area contributed by atoms with Crippen LogP contribution in [-0.4, -0.2) is 49.1 Å². The Hall–Kier alpha value is -3.79. The second-order valence-electron chi connectivity index (χ2n) is 8.15. The molecule has 36 heavy (non-hydrogen) atoms. The van der Waals surface area contributed by atoms with Crippen LogP contribution >= 0.6 is 11.4 Å². The van der Waals surface area contributed by atoms with Gasteiger partial charge in [0.05, 0.1) is 16.3 Å². The molecule has 0 spiro atoms. The molecule has 11 heteroatoms. The van der Waals surface area contributed by atoms with E-state index in [1.807, 2.05) is 0 Å². The Bertz CT molecular complexity index is 1360. The van der Waals surface area contributed by atoms with Crippen LogP contribution in [0.3, 0.4) is 0 Å². The molecule has 0 bridgehead atoms. The Balaban J connectivity index is 1.44. The van der Waals surface area contributed by atoms with Crippen LogP contribution in [0.4, 0.5) is 5.69 Å². The molecule has 186 valence electrons. The Morgan fingerprint density at radius 1 is 0.972 bits per heavy atom. The first-order valence-corrected chi connectivity index (χ1v) is 13.8. The van der Waals surface area contributed by atoms with E-state index in [2.05, 4.69) is 20.6 Å². The van der Waals surface area contributed by atoms with Gasteiger partial charge in [0, 0.05) is 48.1 Å². The summed E-state index contributed by atoms with van der Waals surface area (Å²) in [5.41, 5.74) is 2.09. The van der Waals surface area contributed by atoms with E-state index in [0.29, 0.717) is 29.5 Å². The van der Waals surface area contributed by atoms with E-state index in [9.17, 15) is 13.2 Å². The minimum Gasteiger partial charge on any atom is -0.341 e. The van der Waals surface area contributed by atoms with Crippen LogP contribution in [0.25, 0.3) is 0 Å². The molecule has 3 aromatic rings. The van der Waals surface area contributed by atoms with Gasteiger partial charge in [0.2, 0.25) is 9.84 Å². The van der Waals surface area contributed by atoms with Crippen LogP contribution in [0, 0.1) is 4.61 Å². The van der Waals surface area contributed by atoms with Gasteiger partial charge in [0.25, 0.3) is 5.91 Å². The van der Waals surface area contributed by atoms with Crippen LogP contribution < -0.4 is 10.6 Å². The summed E-state index contributed by atoms with van der Waals surface area (Å²) in [5.74, 6) is 0.644. The van der Waals surface area contributed by atoms with E-state index in [1.54, 1.807) is 65.8 Å². The van der Waals surface area contributed by atoms with Crippen LogP contribution in [0.15, 0.2) is 87.8 Å². The van der Waals surface area contributed by atoms with Crippen molar-refractivity contribution < 1.29 is 13.2 Å². The number of aromatic nitrogens is 1. The summed E-state index contributed by atoms with van der Waals surface area (Å²) in [6.07, 6.45) is 5.30. The van der Waals surface area contributed by atoms with Crippen molar-refractivity contribution in [3.8, 4) is 0 Å². The monoisotopic (exact) mass is 522 g/mol. The molecule has 1 aliphatic rings. The minimum absolute atomic E-state index is 0.0637. The number of carbonyl (C=O) groups is 1. The lowest BCUT2D eigenvalue weighted by molar-refractivity contribution is 0.0792. The van der Waals surface area contributed by atoms with E-state index in [0.717, 1.165) is 37.2 Å². The van der Waals surface area contributed by atoms with Crippen molar-refractivity contribution in [3.05, 3.63) is 84.2 Å². The molecule has 9 nitrogen and oxygen atoms in total. The molecule has 0 radical (unpaired) electrons. The summed E-state index contributed by atoms with van der Waals surface area (Å²) >= 11 is 0.641. The van der Waals surface area contributed by atoms with Gasteiger partial charge in [-0.2, -0.15) is 4.61 Å². The summed E-state index contributed by atoms with van der Waals surface area (Å²) in [7, 11) is -3.72. The molecule has 1 fully saturated rings. The number of hydrogen-bond acceptors (Lipinski definition) is 6. The lowest BCUT2D eigenvalue weighted by Crippen LogP contribution is -2.30. The number of pyridine rings is 1. The van der Waals surface area contributed by atoms with E-state index < -0.39 is 9.84 Å². The Morgan fingerprint density at radius 2 is 1.58 bits per heavy atom. The van der Waals surface area contributed by atoms with E-state index in [-0.39, 0.29) is 21.6 Å². The predicted molar refractivity (Wildman–Crippen MR) is 140 cm³/mol. The topological polar surface area (TPSA) is 128 Å². The summed E-state index contributed by atoms with van der Waals surface area (Å²) < 4.78 is 35.2. The minimum atomic E-state index is -3.72. The van der Waals surface area contributed by atoms with Crippen LogP contribution in [0.2, 0.25) is 0 Å². The number of carbonyl (C=O) groups excluding carboxylic acids is 1. The summed E-state index contributed by atoms with van der Waals surface area (Å²) in [6.45, 7) is 1.78. The first-order chi connectivity index (χ1) is 17.5. The fourth-order valence-corrected chi connectivity index (χ4v) is 5.23. The van der Waals surface area contributed by atoms with Crippen molar-refractivity contribution in [3.63, 3.8) is 0 Å². The highest BCUT2D eigenvalue weighted by molar-refractivity contribution is 7.91. The molecule has 0 aliphatic carbocycles. The zero-order valence-corrected chi connectivity index (χ0v) is 21.1. The molecule has 4 rings (SSSR count). The van der Waals surface area contributed by atoms with Gasteiger partial charge in [0.15, 0.2) is 5.96 Å². The molecule has 1 saturated heterocycles. The van der Waals surface area contributed by atoms with E-state index in [4.69, 9.17) is 4.61 Å². The Kier molecular flexibility index (Phi) is 8.27. The molecule has 1 aliphatic heterocycles. The van der Waals surface area contributed by atoms with Gasteiger partial charge < -0.3 is 15.5 Å². The maximum absolute atomic E-state index is 13.1. The second kappa shape index (κ2) is 11.8. The lowest BCUT2D eigenvalue weighted by atomic mass is 10.2. The van der Waals surface area contributed by atoms with Crippen LogP contribution in [0.5, 0.6) is 0 Å². The van der Waals surface area contributed by atoms with Crippen molar-refractivity contribution in [2.75, 3.05) is 24.3 Å². The number of nitrogens with one attached hydrogen (secondary N) is 2. The van der Waals surface area contributed by atoms with E-state index in [1.165, 1.54) is 12.1 Å². The average Bonchev–Trinajstić information content (AvgIpc) is 3.46. The number of guanidine groups is 1. The molecule has 2 heterocycles. The van der Waals surface area contributed by atoms with Gasteiger partial charge in [-0.3, -0.25) is 9.78 Å². The summed E-state index contributed by atoms with van der Waals surface area (Å²) in [6, 6.07) is 16.2. The summed E-state index contributed by atoms with van der Waals surface area (Å²) in [5, 5.41) is 6.11. The zero-order chi connectivity index (χ0) is 25.4. The smallest absolute Gasteiger partial charge is 0.253 e. The molecule has 0 saturated carbocycles. The molecule has 1 aromatic heterocycles. The summed E-state index contributed by atoms with van der Waals surface area (Å²) in [4.78, 5) is 23.1. The number of anilines is 1. The average molecular weight is 523 g/mol. The predicted octanol–water partition coefficient (Wildman–Crippen LogP) is 3.88. The molecule has 2 aromatic carbocycles. The third-order valence-electron chi connectivity index (χ3n) is 5.71. The molecule has 2 N–H and O–H groups in total. The Labute approximate surface area is 214 Å². The molecule has 0 atom stereocenters. The van der Waals surface area contributed by atoms with Crippen molar-refractivity contribution in [2.45, 2.75) is 29.2 Å². The quantitative estimate of drug-likeness (QED) is 0.274. The van der Waals surface area contributed by atoms with Gasteiger partial charge in [-0.25, -0.2) is 13.4 Å². The number of aliphatic imine (C=N–C) groups is 1. The largest absolute Gasteiger partial charge is 0.341 e. The first kappa shape index (κ1) is 25.3. The van der Waals surface area contributed by atoms with Gasteiger partial charge in [-0.1, -0.05) is 12.1 Å². The third-order valence-corrected chi connectivity index (χ3v) is 7.76. The van der Waals surface area contributed by atoms with Gasteiger partial charge in [-0.15, -0.1) is 0 Å². The normalized spacial score (nSPS) is 13.9. The van der Waals surface area contributed by atoms with Gasteiger partial charge >= 0.3 is 0 Å². The highest BCUT2D eigenvalue weighted by atomic mass is 32.2. The molecular weight excluding hydrogens is 496 g/mol. The molecule has 0 unspecified atom stereocenters. The number of nitrogens with zero attached hydrogens (tertiary/aromatic N) is 4. The highest BCUT2D eigenvalue weighted by Gasteiger charge is 2.21. The van der Waals surface area contributed by atoms with Gasteiger partial charge in [0.1, 0.15) is 5.88 Å². The van der Waals surface area contributed by atoms with Crippen molar-refractivity contribution in [1.82, 2.24) is 15.2 Å². The highest BCUT2D eigenvalue weighted by Crippen LogP contribution is 2.23.